The average Bonchev–Trinajstić information content (AvgIpc) is 2.35. The molecule has 0 saturated heterocycles. The Morgan fingerprint density at radius 3 is 2.48 bits per heavy atom. The standard InChI is InChI=1S/C13H16F3NO3S/c1-17-8-9-6-10(7-9)20-11-4-2-3-5-12(11)21(18,19)13(14,15)16/h2-5,9-10,17H,6-8H2,1H3. The molecule has 0 unspecified atom stereocenters. The molecule has 0 aromatic heterocycles. The Hall–Kier alpha value is -1.28. The summed E-state index contributed by atoms with van der Waals surface area (Å²) in [7, 11) is -3.58. The van der Waals surface area contributed by atoms with Gasteiger partial charge in [-0.2, -0.15) is 13.2 Å². The fraction of sp³-hybridized carbons (Fsp3) is 0.538. The second-order valence-corrected chi connectivity index (χ2v) is 6.94. The van der Waals surface area contributed by atoms with Gasteiger partial charge in [0.15, 0.2) is 0 Å². The molecule has 1 aromatic rings. The molecule has 2 rings (SSSR count). The van der Waals surface area contributed by atoms with E-state index in [0.29, 0.717) is 18.8 Å². The average molecular weight is 323 g/mol. The van der Waals surface area contributed by atoms with E-state index in [1.807, 2.05) is 7.05 Å². The molecule has 0 bridgehead atoms. The van der Waals surface area contributed by atoms with Crippen molar-refractivity contribution in [2.24, 2.45) is 5.92 Å². The summed E-state index contributed by atoms with van der Waals surface area (Å²) in [6, 6.07) is 4.87. The van der Waals surface area contributed by atoms with Gasteiger partial charge in [-0.1, -0.05) is 12.1 Å². The summed E-state index contributed by atoms with van der Waals surface area (Å²) in [5.74, 6) is 0.175. The van der Waals surface area contributed by atoms with Gasteiger partial charge in [0.25, 0.3) is 9.84 Å². The predicted molar refractivity (Wildman–Crippen MR) is 70.7 cm³/mol. The van der Waals surface area contributed by atoms with Gasteiger partial charge >= 0.3 is 5.51 Å². The first-order valence-corrected chi connectivity index (χ1v) is 7.95. The minimum atomic E-state index is -5.40. The van der Waals surface area contributed by atoms with Crippen LogP contribution >= 0.6 is 0 Å². The van der Waals surface area contributed by atoms with Gasteiger partial charge in [-0.05, 0) is 44.5 Å². The van der Waals surface area contributed by atoms with E-state index in [9.17, 15) is 21.6 Å². The van der Waals surface area contributed by atoms with Gasteiger partial charge in [0.05, 0.1) is 6.10 Å². The number of nitrogens with one attached hydrogen (secondary N) is 1. The molecule has 1 saturated carbocycles. The highest BCUT2D eigenvalue weighted by Gasteiger charge is 2.48. The van der Waals surface area contributed by atoms with Gasteiger partial charge in [0.2, 0.25) is 0 Å². The lowest BCUT2D eigenvalue weighted by atomic mass is 9.82. The van der Waals surface area contributed by atoms with Crippen LogP contribution in [0, 0.1) is 5.92 Å². The van der Waals surface area contributed by atoms with Crippen molar-refractivity contribution >= 4 is 9.84 Å². The Balaban J connectivity index is 2.16. The van der Waals surface area contributed by atoms with Gasteiger partial charge in [0, 0.05) is 0 Å². The maximum absolute atomic E-state index is 12.6. The van der Waals surface area contributed by atoms with Crippen LogP contribution in [0.1, 0.15) is 12.8 Å². The van der Waals surface area contributed by atoms with Crippen molar-refractivity contribution in [1.29, 1.82) is 0 Å². The Morgan fingerprint density at radius 2 is 1.90 bits per heavy atom. The maximum Gasteiger partial charge on any atom is 0.502 e. The lowest BCUT2D eigenvalue weighted by Crippen LogP contribution is -2.39. The highest BCUT2D eigenvalue weighted by molar-refractivity contribution is 7.92. The van der Waals surface area contributed by atoms with Crippen LogP contribution in [0.25, 0.3) is 0 Å². The summed E-state index contributed by atoms with van der Waals surface area (Å²) in [5, 5.41) is 3.01. The van der Waals surface area contributed by atoms with E-state index in [4.69, 9.17) is 4.74 Å². The number of hydrogen-bond donors (Lipinski definition) is 1. The molecule has 1 N–H and O–H groups in total. The number of benzene rings is 1. The second kappa shape index (κ2) is 5.84. The molecule has 8 heteroatoms. The van der Waals surface area contributed by atoms with E-state index < -0.39 is 20.2 Å². The summed E-state index contributed by atoms with van der Waals surface area (Å²) in [6.07, 6.45) is 1.15. The third kappa shape index (κ3) is 3.32. The molecule has 0 atom stereocenters. The van der Waals surface area contributed by atoms with Crippen molar-refractivity contribution in [3.63, 3.8) is 0 Å². The molecule has 4 nitrogen and oxygen atoms in total. The summed E-state index contributed by atoms with van der Waals surface area (Å²) in [4.78, 5) is -0.824. The van der Waals surface area contributed by atoms with Gasteiger partial charge in [-0.15, -0.1) is 0 Å². The lowest BCUT2D eigenvalue weighted by molar-refractivity contribution is -0.0439. The number of alkyl halides is 3. The number of halogens is 3. The Morgan fingerprint density at radius 1 is 1.29 bits per heavy atom. The molecule has 0 heterocycles. The topological polar surface area (TPSA) is 55.4 Å². The zero-order valence-corrected chi connectivity index (χ0v) is 12.2. The molecule has 1 aliphatic rings. The van der Waals surface area contributed by atoms with E-state index in [2.05, 4.69) is 5.32 Å². The van der Waals surface area contributed by atoms with Gasteiger partial charge in [-0.25, -0.2) is 8.42 Å². The minimum Gasteiger partial charge on any atom is -0.489 e. The molecule has 0 spiro atoms. The van der Waals surface area contributed by atoms with Crippen LogP contribution in [-0.4, -0.2) is 33.6 Å². The normalized spacial score (nSPS) is 22.7. The van der Waals surface area contributed by atoms with E-state index >= 15 is 0 Å². The summed E-state index contributed by atoms with van der Waals surface area (Å²) < 4.78 is 66.4. The number of rotatable bonds is 5. The van der Waals surface area contributed by atoms with Crippen molar-refractivity contribution < 1.29 is 26.3 Å². The minimum absolute atomic E-state index is 0.234. The van der Waals surface area contributed by atoms with Gasteiger partial charge < -0.3 is 10.1 Å². The van der Waals surface area contributed by atoms with Crippen molar-refractivity contribution in [2.75, 3.05) is 13.6 Å². The van der Waals surface area contributed by atoms with Crippen molar-refractivity contribution in [2.45, 2.75) is 29.3 Å². The highest BCUT2D eigenvalue weighted by Crippen LogP contribution is 2.38. The van der Waals surface area contributed by atoms with E-state index in [1.165, 1.54) is 18.2 Å². The number of para-hydroxylation sites is 1. The van der Waals surface area contributed by atoms with Crippen LogP contribution in [0.5, 0.6) is 5.75 Å². The zero-order valence-electron chi connectivity index (χ0n) is 11.4. The lowest BCUT2D eigenvalue weighted by Gasteiger charge is -2.35. The monoisotopic (exact) mass is 323 g/mol. The van der Waals surface area contributed by atoms with E-state index in [-0.39, 0.29) is 11.9 Å². The number of hydrogen-bond acceptors (Lipinski definition) is 4. The van der Waals surface area contributed by atoms with Crippen LogP contribution in [0.4, 0.5) is 13.2 Å². The fourth-order valence-corrected chi connectivity index (χ4v) is 3.19. The molecule has 0 amide bonds. The summed E-state index contributed by atoms with van der Waals surface area (Å²) >= 11 is 0. The fourth-order valence-electron chi connectivity index (χ4n) is 2.30. The maximum atomic E-state index is 12.6. The van der Waals surface area contributed by atoms with Crippen molar-refractivity contribution in [3.05, 3.63) is 24.3 Å². The number of ether oxygens (including phenoxy) is 1. The Kier molecular flexibility index (Phi) is 4.48. The van der Waals surface area contributed by atoms with Crippen LogP contribution in [0.15, 0.2) is 29.2 Å². The molecule has 0 radical (unpaired) electrons. The molecule has 0 aliphatic heterocycles. The molecular weight excluding hydrogens is 307 g/mol. The predicted octanol–water partition coefficient (Wildman–Crippen LogP) is 2.36. The summed E-state index contributed by atoms with van der Waals surface area (Å²) in [5.41, 5.74) is -5.33. The molecule has 1 fully saturated rings. The van der Waals surface area contributed by atoms with Gasteiger partial charge in [0.1, 0.15) is 10.6 Å². The van der Waals surface area contributed by atoms with Crippen LogP contribution in [-0.2, 0) is 9.84 Å². The van der Waals surface area contributed by atoms with Crippen molar-refractivity contribution in [3.8, 4) is 5.75 Å². The quantitative estimate of drug-likeness (QED) is 0.904. The molecule has 118 valence electrons. The Labute approximate surface area is 121 Å². The van der Waals surface area contributed by atoms with E-state index in [0.717, 1.165) is 12.6 Å². The zero-order chi connectivity index (χ0) is 15.7. The molecule has 1 aromatic carbocycles. The largest absolute Gasteiger partial charge is 0.502 e. The van der Waals surface area contributed by atoms with Crippen LogP contribution in [0.2, 0.25) is 0 Å². The van der Waals surface area contributed by atoms with E-state index in [1.54, 1.807) is 0 Å². The van der Waals surface area contributed by atoms with Gasteiger partial charge in [-0.3, -0.25) is 0 Å². The first kappa shape index (κ1) is 16.1. The van der Waals surface area contributed by atoms with Crippen LogP contribution < -0.4 is 10.1 Å². The molecule has 1 aliphatic carbocycles. The first-order valence-electron chi connectivity index (χ1n) is 6.47. The van der Waals surface area contributed by atoms with Crippen LogP contribution in [0.3, 0.4) is 0 Å². The molecule has 21 heavy (non-hydrogen) atoms. The van der Waals surface area contributed by atoms with Crippen molar-refractivity contribution in [1.82, 2.24) is 5.32 Å². The third-order valence-electron chi connectivity index (χ3n) is 3.42. The first-order chi connectivity index (χ1) is 9.75. The SMILES string of the molecule is CNCC1CC(Oc2ccccc2S(=O)(=O)C(F)(F)F)C1. The highest BCUT2D eigenvalue weighted by atomic mass is 32.2. The summed E-state index contributed by atoms with van der Waals surface area (Å²) in [6.45, 7) is 0.808. The smallest absolute Gasteiger partial charge is 0.489 e. The second-order valence-electron chi connectivity index (χ2n) is 5.03. The molecular formula is C13H16F3NO3S. The third-order valence-corrected chi connectivity index (χ3v) is 4.95. The Bertz CT molecular complexity index is 595. The number of sulfone groups is 1.